The summed E-state index contributed by atoms with van der Waals surface area (Å²) >= 11 is 0. The zero-order valence-electron chi connectivity index (χ0n) is 15.7. The minimum atomic E-state index is -0.532. The van der Waals surface area contributed by atoms with Gasteiger partial charge in [-0.2, -0.15) is 9.61 Å². The van der Waals surface area contributed by atoms with E-state index < -0.39 is 17.3 Å². The summed E-state index contributed by atoms with van der Waals surface area (Å²) in [6.45, 7) is 6.06. The van der Waals surface area contributed by atoms with E-state index in [1.165, 1.54) is 4.52 Å². The molecule has 0 radical (unpaired) electrons. The highest BCUT2D eigenvalue weighted by atomic mass is 16.3. The van der Waals surface area contributed by atoms with Gasteiger partial charge >= 0.3 is 0 Å². The molecule has 1 fully saturated rings. The molecule has 0 spiro atoms. The summed E-state index contributed by atoms with van der Waals surface area (Å²) in [6.07, 6.45) is 6.49. The Balaban J connectivity index is 1.93. The molecule has 3 heterocycles. The van der Waals surface area contributed by atoms with Gasteiger partial charge < -0.3 is 15.7 Å². The average Bonchev–Trinajstić information content (AvgIpc) is 3.33. The van der Waals surface area contributed by atoms with Crippen LogP contribution in [-0.4, -0.2) is 44.3 Å². The molecule has 2 aromatic heterocycles. The predicted octanol–water partition coefficient (Wildman–Crippen LogP) is 1.13. The van der Waals surface area contributed by atoms with Gasteiger partial charge in [0.15, 0.2) is 5.56 Å². The van der Waals surface area contributed by atoms with E-state index in [9.17, 15) is 14.7 Å². The average molecular weight is 371 g/mol. The second kappa shape index (κ2) is 6.84. The van der Waals surface area contributed by atoms with Gasteiger partial charge in [0.1, 0.15) is 5.65 Å². The first-order chi connectivity index (χ1) is 13.0. The van der Waals surface area contributed by atoms with E-state index in [1.807, 2.05) is 13.8 Å². The van der Waals surface area contributed by atoms with Crippen molar-refractivity contribution in [1.29, 1.82) is 0 Å². The van der Waals surface area contributed by atoms with E-state index in [-0.39, 0.29) is 17.5 Å². The molecule has 1 aliphatic heterocycles. The highest BCUT2D eigenvalue weighted by Gasteiger charge is 2.30. The predicted molar refractivity (Wildman–Crippen MR) is 102 cm³/mol. The fraction of sp³-hybridized carbons (Fsp3) is 0.526. The van der Waals surface area contributed by atoms with Crippen molar-refractivity contribution in [3.05, 3.63) is 33.8 Å². The van der Waals surface area contributed by atoms with Crippen LogP contribution in [0.15, 0.2) is 17.1 Å². The lowest BCUT2D eigenvalue weighted by atomic mass is 10.0. The third kappa shape index (κ3) is 3.25. The van der Waals surface area contributed by atoms with Crippen molar-refractivity contribution in [2.75, 3.05) is 13.1 Å². The summed E-state index contributed by atoms with van der Waals surface area (Å²) in [5.74, 6) is -0.740. The number of carbonyl (C=O) groups is 1. The standard InChI is InChI=1S/C19H25N5O3/c1-11(2)10-23-17-14(12-4-3-7-20-8-12)9-21-24(17)19(27)15(18(23)26)16(25)22-13-5-6-13/h4,9,11,13,20,27H,3,5-8,10H2,1-2H3,(H,22,25). The molecule has 0 saturated heterocycles. The van der Waals surface area contributed by atoms with Gasteiger partial charge in [-0.3, -0.25) is 14.2 Å². The Bertz CT molecular complexity index is 981. The number of nitrogens with zero attached hydrogens (tertiary/aromatic N) is 3. The zero-order valence-corrected chi connectivity index (χ0v) is 15.7. The number of nitrogens with one attached hydrogen (secondary N) is 2. The molecule has 4 rings (SSSR count). The summed E-state index contributed by atoms with van der Waals surface area (Å²) in [4.78, 5) is 25.8. The molecule has 1 amide bonds. The van der Waals surface area contributed by atoms with Crippen molar-refractivity contribution < 1.29 is 9.90 Å². The minimum absolute atomic E-state index is 0.0946. The van der Waals surface area contributed by atoms with Gasteiger partial charge in [-0.1, -0.05) is 19.9 Å². The van der Waals surface area contributed by atoms with E-state index in [2.05, 4.69) is 21.8 Å². The molecule has 27 heavy (non-hydrogen) atoms. The summed E-state index contributed by atoms with van der Waals surface area (Å²) in [7, 11) is 0. The Hall–Kier alpha value is -2.61. The fourth-order valence-corrected chi connectivity index (χ4v) is 3.48. The Morgan fingerprint density at radius 2 is 2.22 bits per heavy atom. The summed E-state index contributed by atoms with van der Waals surface area (Å²) in [5, 5.41) is 21.1. The summed E-state index contributed by atoms with van der Waals surface area (Å²) < 4.78 is 2.89. The van der Waals surface area contributed by atoms with E-state index in [4.69, 9.17) is 0 Å². The van der Waals surface area contributed by atoms with E-state index in [1.54, 1.807) is 10.8 Å². The van der Waals surface area contributed by atoms with Crippen LogP contribution in [0.3, 0.4) is 0 Å². The monoisotopic (exact) mass is 371 g/mol. The van der Waals surface area contributed by atoms with Crippen LogP contribution in [0.4, 0.5) is 0 Å². The van der Waals surface area contributed by atoms with Gasteiger partial charge in [-0.25, -0.2) is 0 Å². The van der Waals surface area contributed by atoms with Crippen molar-refractivity contribution in [2.24, 2.45) is 5.92 Å². The van der Waals surface area contributed by atoms with Crippen LogP contribution in [0, 0.1) is 5.92 Å². The molecular weight excluding hydrogens is 346 g/mol. The zero-order chi connectivity index (χ0) is 19.1. The smallest absolute Gasteiger partial charge is 0.270 e. The number of rotatable bonds is 5. The Morgan fingerprint density at radius 3 is 2.85 bits per heavy atom. The first-order valence-corrected chi connectivity index (χ1v) is 9.52. The minimum Gasteiger partial charge on any atom is -0.492 e. The Kier molecular flexibility index (Phi) is 4.51. The van der Waals surface area contributed by atoms with Gasteiger partial charge in [-0.05, 0) is 37.3 Å². The number of hydrogen-bond donors (Lipinski definition) is 3. The molecule has 8 heteroatoms. The third-order valence-corrected chi connectivity index (χ3v) is 4.94. The number of hydrogen-bond acceptors (Lipinski definition) is 5. The van der Waals surface area contributed by atoms with Gasteiger partial charge in [0.25, 0.3) is 11.5 Å². The maximum absolute atomic E-state index is 13.2. The summed E-state index contributed by atoms with van der Waals surface area (Å²) in [6, 6.07) is 0.0946. The third-order valence-electron chi connectivity index (χ3n) is 4.94. The molecule has 2 aliphatic rings. The normalized spacial score (nSPS) is 17.4. The summed E-state index contributed by atoms with van der Waals surface area (Å²) in [5.41, 5.74) is 1.68. The largest absolute Gasteiger partial charge is 0.492 e. The lowest BCUT2D eigenvalue weighted by Gasteiger charge is -2.18. The van der Waals surface area contributed by atoms with Crippen LogP contribution >= 0.6 is 0 Å². The van der Waals surface area contributed by atoms with Crippen LogP contribution in [0.1, 0.15) is 49.0 Å². The fourth-order valence-electron chi connectivity index (χ4n) is 3.48. The lowest BCUT2D eigenvalue weighted by Crippen LogP contribution is -2.36. The van der Waals surface area contributed by atoms with E-state index >= 15 is 0 Å². The molecule has 8 nitrogen and oxygen atoms in total. The topological polar surface area (TPSA) is 101 Å². The van der Waals surface area contributed by atoms with Crippen molar-refractivity contribution in [2.45, 2.75) is 45.7 Å². The molecule has 0 unspecified atom stereocenters. The van der Waals surface area contributed by atoms with Crippen LogP contribution in [0.2, 0.25) is 0 Å². The van der Waals surface area contributed by atoms with E-state index in [0.29, 0.717) is 18.7 Å². The highest BCUT2D eigenvalue weighted by molar-refractivity contribution is 5.97. The molecule has 0 atom stereocenters. The number of aromatic nitrogens is 3. The SMILES string of the molecule is CC(C)Cn1c(=O)c(C(=O)NC2CC2)c(O)n2ncc(C3=CCCNC3)c12. The maximum atomic E-state index is 13.2. The lowest BCUT2D eigenvalue weighted by molar-refractivity contribution is 0.0944. The number of amides is 1. The Morgan fingerprint density at radius 1 is 1.44 bits per heavy atom. The van der Waals surface area contributed by atoms with Gasteiger partial charge in [0, 0.05) is 24.7 Å². The molecule has 0 bridgehead atoms. The first kappa shape index (κ1) is 17.8. The van der Waals surface area contributed by atoms with Crippen LogP contribution in [0.25, 0.3) is 11.2 Å². The van der Waals surface area contributed by atoms with Crippen molar-refractivity contribution >= 4 is 17.1 Å². The first-order valence-electron chi connectivity index (χ1n) is 9.52. The second-order valence-electron chi connectivity index (χ2n) is 7.74. The molecular formula is C19H25N5O3. The molecule has 2 aromatic rings. The van der Waals surface area contributed by atoms with Crippen LogP contribution in [0.5, 0.6) is 5.88 Å². The van der Waals surface area contributed by atoms with Gasteiger partial charge in [0.2, 0.25) is 5.88 Å². The Labute approximate surface area is 156 Å². The highest BCUT2D eigenvalue weighted by Crippen LogP contribution is 2.26. The molecule has 1 saturated carbocycles. The molecule has 3 N–H and O–H groups in total. The van der Waals surface area contributed by atoms with Gasteiger partial charge in [-0.15, -0.1) is 0 Å². The van der Waals surface area contributed by atoms with E-state index in [0.717, 1.165) is 36.9 Å². The van der Waals surface area contributed by atoms with Crippen LogP contribution < -0.4 is 16.2 Å². The van der Waals surface area contributed by atoms with Crippen molar-refractivity contribution in [3.8, 4) is 5.88 Å². The number of fused-ring (bicyclic) bond motifs is 1. The van der Waals surface area contributed by atoms with Gasteiger partial charge in [0.05, 0.1) is 6.20 Å². The molecule has 0 aromatic carbocycles. The van der Waals surface area contributed by atoms with Crippen molar-refractivity contribution in [1.82, 2.24) is 24.8 Å². The van der Waals surface area contributed by atoms with Crippen LogP contribution in [-0.2, 0) is 6.54 Å². The van der Waals surface area contributed by atoms with Crippen molar-refractivity contribution in [3.63, 3.8) is 0 Å². The molecule has 144 valence electrons. The second-order valence-corrected chi connectivity index (χ2v) is 7.74. The number of aromatic hydroxyl groups is 1. The maximum Gasteiger partial charge on any atom is 0.270 e. The molecule has 1 aliphatic carbocycles. The quantitative estimate of drug-likeness (QED) is 0.731. The number of carbonyl (C=O) groups excluding carboxylic acids is 1.